The molecule has 55 heavy (non-hydrogen) atoms. The van der Waals surface area contributed by atoms with Crippen LogP contribution in [0.25, 0.3) is 5.69 Å². The number of rotatable bonds is 11. The summed E-state index contributed by atoms with van der Waals surface area (Å²) < 4.78 is 40.7. The minimum absolute atomic E-state index is 0.0819. The number of aryl methyl sites for hydroxylation is 4. The predicted molar refractivity (Wildman–Crippen MR) is 214 cm³/mol. The average molecular weight is 750 g/mol. The lowest BCUT2D eigenvalue weighted by Gasteiger charge is -2.28. The third-order valence-electron chi connectivity index (χ3n) is 11.1. The summed E-state index contributed by atoms with van der Waals surface area (Å²) >= 11 is 0. The third kappa shape index (κ3) is 6.72. The first kappa shape index (κ1) is 36.3. The fraction of sp³-hybridized carbons (Fsp3) is 0.239. The zero-order valence-electron chi connectivity index (χ0n) is 31.6. The van der Waals surface area contributed by atoms with Gasteiger partial charge in [-0.2, -0.15) is 0 Å². The van der Waals surface area contributed by atoms with Crippen LogP contribution in [-0.4, -0.2) is 30.1 Å². The van der Waals surface area contributed by atoms with Gasteiger partial charge in [-0.15, -0.1) is 6.58 Å². The molecule has 8 nitrogen and oxygen atoms in total. The van der Waals surface area contributed by atoms with Gasteiger partial charge < -0.3 is 4.74 Å². The normalized spacial score (nSPS) is 17.1. The number of nitrogens with one attached hydrogen (secondary N) is 1. The molecule has 2 heterocycles. The highest BCUT2D eigenvalue weighted by molar-refractivity contribution is 7.92. The minimum Gasteiger partial charge on any atom is -0.363 e. The van der Waals surface area contributed by atoms with Crippen LogP contribution in [0.15, 0.2) is 133 Å². The second-order valence-electron chi connectivity index (χ2n) is 14.9. The van der Waals surface area contributed by atoms with Gasteiger partial charge in [0.25, 0.3) is 10.0 Å². The van der Waals surface area contributed by atoms with Crippen LogP contribution >= 0.6 is 0 Å². The van der Waals surface area contributed by atoms with Gasteiger partial charge in [0.1, 0.15) is 24.4 Å². The molecule has 0 saturated heterocycles. The van der Waals surface area contributed by atoms with Crippen LogP contribution in [0, 0.1) is 27.7 Å². The van der Waals surface area contributed by atoms with Gasteiger partial charge in [0, 0.05) is 29.8 Å². The lowest BCUT2D eigenvalue weighted by molar-refractivity contribution is -0.741. The van der Waals surface area contributed by atoms with Crippen LogP contribution in [0.4, 0.5) is 5.69 Å². The molecule has 0 fully saturated rings. The Morgan fingerprint density at radius 1 is 0.909 bits per heavy atom. The van der Waals surface area contributed by atoms with Crippen LogP contribution in [-0.2, 0) is 27.8 Å². The summed E-state index contributed by atoms with van der Waals surface area (Å²) in [6.07, 6.45) is 2.57. The SMILES string of the molecule is C=CC(c1ccccc1NS(=O)(=O)c1ccc(C)cc1)[C@H](CC(=O)c1n(-c2c(C)cc(C)cc2C)nc2[n+]1[C@H]1c3ccccc3C[C@H]1OC2)c1ccccc1. The van der Waals surface area contributed by atoms with E-state index in [4.69, 9.17) is 9.84 Å². The van der Waals surface area contributed by atoms with Crippen molar-refractivity contribution in [2.24, 2.45) is 0 Å². The Morgan fingerprint density at radius 3 is 2.31 bits per heavy atom. The molecule has 0 amide bonds. The molecule has 1 aliphatic heterocycles. The van der Waals surface area contributed by atoms with Crippen molar-refractivity contribution >= 4 is 21.5 Å². The van der Waals surface area contributed by atoms with Gasteiger partial charge in [-0.1, -0.05) is 119 Å². The highest BCUT2D eigenvalue weighted by atomic mass is 32.2. The lowest BCUT2D eigenvalue weighted by Crippen LogP contribution is -2.55. The Hall–Kier alpha value is -5.64. The molecule has 2 aliphatic rings. The van der Waals surface area contributed by atoms with Crippen LogP contribution in [0.3, 0.4) is 0 Å². The first-order valence-electron chi connectivity index (χ1n) is 18.7. The zero-order chi connectivity index (χ0) is 38.4. The van der Waals surface area contributed by atoms with Crippen molar-refractivity contribution in [1.29, 1.82) is 0 Å². The number of aromatic nitrogens is 3. The number of nitrogens with zero attached hydrogens (tertiary/aromatic N) is 3. The van der Waals surface area contributed by atoms with E-state index in [2.05, 4.69) is 67.0 Å². The number of carbonyl (C=O) groups excluding carboxylic acids is 1. The van der Waals surface area contributed by atoms with Gasteiger partial charge in [0.15, 0.2) is 0 Å². The number of ketones is 1. The molecule has 1 unspecified atom stereocenters. The van der Waals surface area contributed by atoms with Gasteiger partial charge in [-0.05, 0) is 79.3 Å². The Bertz CT molecular complexity index is 2520. The van der Waals surface area contributed by atoms with E-state index in [1.54, 1.807) is 30.3 Å². The largest absolute Gasteiger partial charge is 0.363 e. The quantitative estimate of drug-likeness (QED) is 0.0814. The topological polar surface area (TPSA) is 94.2 Å². The summed E-state index contributed by atoms with van der Waals surface area (Å²) in [5, 5.41) is 5.16. The molecular weight excluding hydrogens is 705 g/mol. The maximum absolute atomic E-state index is 15.5. The van der Waals surface area contributed by atoms with E-state index in [0.717, 1.165) is 51.1 Å². The number of fused-ring (bicyclic) bond motifs is 5. The number of hydrogen-bond acceptors (Lipinski definition) is 5. The smallest absolute Gasteiger partial charge is 0.310 e. The molecule has 1 N–H and O–H groups in total. The van der Waals surface area contributed by atoms with Crippen molar-refractivity contribution in [3.8, 4) is 5.69 Å². The number of carbonyl (C=O) groups is 1. The first-order chi connectivity index (χ1) is 26.5. The maximum Gasteiger partial charge on any atom is 0.310 e. The highest BCUT2D eigenvalue weighted by Crippen LogP contribution is 2.42. The Labute approximate surface area is 323 Å². The molecule has 278 valence electrons. The fourth-order valence-corrected chi connectivity index (χ4v) is 9.76. The number of benzene rings is 5. The number of allylic oxidation sites excluding steroid dienone is 1. The Kier molecular flexibility index (Phi) is 9.61. The average Bonchev–Trinajstić information content (AvgIpc) is 3.74. The van der Waals surface area contributed by atoms with E-state index in [-0.39, 0.29) is 35.9 Å². The van der Waals surface area contributed by atoms with Crippen LogP contribution in [0.1, 0.15) is 85.2 Å². The van der Waals surface area contributed by atoms with Crippen molar-refractivity contribution in [3.63, 3.8) is 0 Å². The minimum atomic E-state index is -3.91. The number of hydrogen-bond donors (Lipinski definition) is 1. The molecule has 0 bridgehead atoms. The third-order valence-corrected chi connectivity index (χ3v) is 12.5. The second-order valence-corrected chi connectivity index (χ2v) is 16.6. The van der Waals surface area contributed by atoms with E-state index in [1.165, 1.54) is 5.56 Å². The standard InChI is InChI=1S/C46H45N4O4S/c1-6-36(38-18-12-13-19-40(38)48-55(52,53)35-22-20-29(2)21-23-35)39(33-14-8-7-9-15-33)27-41(51)46-49-43(47-50(46)44-31(4)24-30(3)25-32(44)5)28-54-42-26-34-16-10-11-17-37(34)45(42)49/h6-25,36,39,42,45,48H,1,26-28H2,2-5H3/q+1/t36?,39-,42-,45+/m1/s1. The van der Waals surface area contributed by atoms with E-state index in [0.29, 0.717) is 17.3 Å². The monoisotopic (exact) mass is 749 g/mol. The molecule has 6 aromatic rings. The second kappa shape index (κ2) is 14.5. The van der Waals surface area contributed by atoms with Crippen LogP contribution in [0.2, 0.25) is 0 Å². The molecule has 8 rings (SSSR count). The molecule has 4 atom stereocenters. The molecule has 0 spiro atoms. The van der Waals surface area contributed by atoms with Crippen LogP contribution < -0.4 is 9.29 Å². The molecule has 0 saturated carbocycles. The fourth-order valence-electron chi connectivity index (χ4n) is 8.67. The molecule has 5 aromatic carbocycles. The van der Waals surface area contributed by atoms with Gasteiger partial charge in [-0.25, -0.2) is 13.0 Å². The van der Waals surface area contributed by atoms with E-state index >= 15 is 4.79 Å². The van der Waals surface area contributed by atoms with Gasteiger partial charge in [0.2, 0.25) is 5.78 Å². The van der Waals surface area contributed by atoms with Gasteiger partial charge in [0.05, 0.1) is 10.6 Å². The van der Waals surface area contributed by atoms with Gasteiger partial charge in [-0.3, -0.25) is 9.52 Å². The Balaban J connectivity index is 1.26. The summed E-state index contributed by atoms with van der Waals surface area (Å²) in [7, 11) is -3.91. The van der Waals surface area contributed by atoms with Crippen LogP contribution in [0.5, 0.6) is 0 Å². The van der Waals surface area contributed by atoms with Crippen molar-refractivity contribution in [1.82, 2.24) is 9.78 Å². The molecular formula is C46H45N4O4S+. The van der Waals surface area contributed by atoms with Crippen molar-refractivity contribution in [3.05, 3.63) is 184 Å². The van der Waals surface area contributed by atoms with Gasteiger partial charge >= 0.3 is 11.6 Å². The lowest BCUT2D eigenvalue weighted by atomic mass is 9.78. The Morgan fingerprint density at radius 2 is 1.58 bits per heavy atom. The summed E-state index contributed by atoms with van der Waals surface area (Å²) in [6.45, 7) is 12.7. The van der Waals surface area contributed by atoms with Crippen molar-refractivity contribution in [2.75, 3.05) is 4.72 Å². The number of ether oxygens (including phenoxy) is 1. The highest BCUT2D eigenvalue weighted by Gasteiger charge is 2.48. The number of anilines is 1. The van der Waals surface area contributed by atoms with Crippen molar-refractivity contribution < 1.29 is 22.5 Å². The number of para-hydroxylation sites is 1. The van der Waals surface area contributed by atoms with E-state index < -0.39 is 21.9 Å². The molecule has 1 aliphatic carbocycles. The first-order valence-corrected chi connectivity index (χ1v) is 20.2. The number of sulfonamides is 1. The predicted octanol–water partition coefficient (Wildman–Crippen LogP) is 8.56. The molecule has 9 heteroatoms. The van der Waals surface area contributed by atoms with E-state index in [1.807, 2.05) is 72.3 Å². The molecule has 0 radical (unpaired) electrons. The zero-order valence-corrected chi connectivity index (χ0v) is 32.4. The summed E-state index contributed by atoms with van der Waals surface area (Å²) in [4.78, 5) is 15.6. The van der Waals surface area contributed by atoms with E-state index in [9.17, 15) is 8.42 Å². The summed E-state index contributed by atoms with van der Waals surface area (Å²) in [6, 6.07) is 36.5. The summed E-state index contributed by atoms with van der Waals surface area (Å²) in [5.74, 6) is 0.279. The van der Waals surface area contributed by atoms with Crippen molar-refractivity contribution in [2.45, 2.75) is 76.0 Å². The summed E-state index contributed by atoms with van der Waals surface area (Å²) in [5.41, 5.74) is 9.49. The molecule has 1 aromatic heterocycles. The maximum atomic E-state index is 15.5. The number of Topliss-reactive ketones (excluding diaryl/α,β-unsaturated/α-hetero) is 1.